The van der Waals surface area contributed by atoms with Gasteiger partial charge in [-0.05, 0) is 12.5 Å². The minimum atomic E-state index is 0.116. The van der Waals surface area contributed by atoms with Gasteiger partial charge in [0.05, 0.1) is 0 Å². The van der Waals surface area contributed by atoms with E-state index in [2.05, 4.69) is 25.1 Å². The van der Waals surface area contributed by atoms with Crippen LogP contribution in [0, 0.1) is 23.4 Å². The molecule has 0 aromatic rings. The quantitative estimate of drug-likeness (QED) is 0.600. The summed E-state index contributed by atoms with van der Waals surface area (Å²) in [4.78, 5) is 0. The van der Waals surface area contributed by atoms with Crippen molar-refractivity contribution in [2.75, 3.05) is 13.6 Å². The smallest absolute Gasteiger partial charge is 0.107 e. The normalized spacial score (nSPS) is 13.5. The molecule has 0 aromatic heterocycles. The summed E-state index contributed by atoms with van der Waals surface area (Å²) in [5.41, 5.74) is 0.116. The highest BCUT2D eigenvalue weighted by Crippen LogP contribution is 2.24. The lowest BCUT2D eigenvalue weighted by Crippen LogP contribution is -2.32. The molecule has 0 fully saturated rings. The summed E-state index contributed by atoms with van der Waals surface area (Å²) < 4.78 is 0. The van der Waals surface area contributed by atoms with Gasteiger partial charge in [-0.2, -0.15) is 0 Å². The Balaban J connectivity index is 4.12. The Labute approximate surface area is 69.0 Å². The fraction of sp³-hybridized carbons (Fsp3) is 0.778. The third kappa shape index (κ3) is 3.29. The summed E-state index contributed by atoms with van der Waals surface area (Å²) in [6, 6.07) is 0. The van der Waals surface area contributed by atoms with Crippen LogP contribution in [0.2, 0.25) is 0 Å². The van der Waals surface area contributed by atoms with Crippen molar-refractivity contribution in [3.8, 4) is 12.0 Å². The maximum absolute atomic E-state index is 8.39. The molecule has 11 heavy (non-hydrogen) atoms. The van der Waals surface area contributed by atoms with Gasteiger partial charge in [0.25, 0.3) is 0 Å². The van der Waals surface area contributed by atoms with E-state index in [1.807, 2.05) is 20.1 Å². The zero-order valence-corrected chi connectivity index (χ0v) is 7.73. The van der Waals surface area contributed by atoms with E-state index in [0.29, 0.717) is 0 Å². The first kappa shape index (κ1) is 10.3. The molecular formula is C9H17NO. The van der Waals surface area contributed by atoms with Crippen LogP contribution in [-0.2, 0) is 0 Å². The van der Waals surface area contributed by atoms with Crippen LogP contribution in [0.3, 0.4) is 0 Å². The zero-order valence-electron chi connectivity index (χ0n) is 7.73. The highest BCUT2D eigenvalue weighted by Gasteiger charge is 2.23. The summed E-state index contributed by atoms with van der Waals surface area (Å²) in [5.74, 6) is 2.94. The molecule has 1 atom stereocenters. The highest BCUT2D eigenvalue weighted by atomic mass is 16.2. The molecule has 0 amide bonds. The minimum absolute atomic E-state index is 0.116. The van der Waals surface area contributed by atoms with E-state index in [0.717, 1.165) is 6.54 Å². The Hall–Kier alpha value is -0.680. The molecule has 0 aliphatic heterocycles. The van der Waals surface area contributed by atoms with Gasteiger partial charge in [-0.25, -0.2) is 0 Å². The Bertz CT molecular complexity index is 164. The van der Waals surface area contributed by atoms with Crippen molar-refractivity contribution in [2.45, 2.75) is 20.8 Å². The molecule has 0 saturated heterocycles. The number of hydrogen-bond donors (Lipinski definition) is 2. The van der Waals surface area contributed by atoms with Gasteiger partial charge in [0.15, 0.2) is 0 Å². The molecule has 0 aromatic carbocycles. The molecule has 0 radical (unpaired) electrons. The molecule has 2 heteroatoms. The Morgan fingerprint density at radius 2 is 2.09 bits per heavy atom. The van der Waals surface area contributed by atoms with E-state index in [-0.39, 0.29) is 11.3 Å². The molecule has 0 heterocycles. The molecule has 0 rings (SSSR count). The molecule has 0 aliphatic carbocycles. The maximum Gasteiger partial charge on any atom is 0.107 e. The Kier molecular flexibility index (Phi) is 3.99. The third-order valence-electron chi connectivity index (χ3n) is 2.09. The van der Waals surface area contributed by atoms with Crippen LogP contribution in [0.15, 0.2) is 0 Å². The number of aliphatic hydroxyl groups excluding tert-OH is 1. The second kappa shape index (κ2) is 4.25. The van der Waals surface area contributed by atoms with Crippen molar-refractivity contribution in [3.05, 3.63) is 0 Å². The lowest BCUT2D eigenvalue weighted by atomic mass is 9.80. The molecule has 1 unspecified atom stereocenters. The fourth-order valence-corrected chi connectivity index (χ4v) is 0.901. The van der Waals surface area contributed by atoms with Crippen LogP contribution in [-0.4, -0.2) is 18.7 Å². The molecule has 0 saturated carbocycles. The van der Waals surface area contributed by atoms with Crippen molar-refractivity contribution in [2.24, 2.45) is 11.3 Å². The van der Waals surface area contributed by atoms with Crippen molar-refractivity contribution in [1.29, 1.82) is 0 Å². The number of rotatable bonds is 3. The van der Waals surface area contributed by atoms with Gasteiger partial charge in [0.1, 0.15) is 6.11 Å². The van der Waals surface area contributed by atoms with Gasteiger partial charge in [0.2, 0.25) is 0 Å². The van der Waals surface area contributed by atoms with Gasteiger partial charge < -0.3 is 10.4 Å². The second-order valence-corrected chi connectivity index (χ2v) is 3.50. The minimum Gasteiger partial charge on any atom is -0.462 e. The van der Waals surface area contributed by atoms with Crippen molar-refractivity contribution >= 4 is 0 Å². The predicted octanol–water partition coefficient (Wildman–Crippen LogP) is 1.20. The third-order valence-corrected chi connectivity index (χ3v) is 2.09. The SMILES string of the molecule is CNCC(C)(C)C(C)C#CO. The zero-order chi connectivity index (χ0) is 8.91. The molecule has 64 valence electrons. The summed E-state index contributed by atoms with van der Waals surface area (Å²) in [7, 11) is 1.92. The molecule has 0 bridgehead atoms. The van der Waals surface area contributed by atoms with Gasteiger partial charge in [-0.15, -0.1) is 0 Å². The molecule has 0 spiro atoms. The monoisotopic (exact) mass is 155 g/mol. The van der Waals surface area contributed by atoms with Crippen LogP contribution in [0.1, 0.15) is 20.8 Å². The van der Waals surface area contributed by atoms with Crippen LogP contribution >= 0.6 is 0 Å². The summed E-state index contributed by atoms with van der Waals surface area (Å²) in [6.07, 6.45) is 1.95. The number of nitrogens with one attached hydrogen (secondary N) is 1. The Morgan fingerprint density at radius 3 is 2.45 bits per heavy atom. The van der Waals surface area contributed by atoms with E-state index >= 15 is 0 Å². The van der Waals surface area contributed by atoms with E-state index in [1.54, 1.807) is 0 Å². The van der Waals surface area contributed by atoms with Crippen LogP contribution in [0.25, 0.3) is 0 Å². The van der Waals surface area contributed by atoms with Gasteiger partial charge in [-0.1, -0.05) is 26.7 Å². The van der Waals surface area contributed by atoms with Gasteiger partial charge in [0, 0.05) is 12.5 Å². The summed E-state index contributed by atoms with van der Waals surface area (Å²) >= 11 is 0. The van der Waals surface area contributed by atoms with E-state index in [4.69, 9.17) is 5.11 Å². The van der Waals surface area contributed by atoms with Crippen LogP contribution in [0.5, 0.6) is 0 Å². The molecule has 0 aliphatic rings. The van der Waals surface area contributed by atoms with Crippen molar-refractivity contribution in [3.63, 3.8) is 0 Å². The largest absolute Gasteiger partial charge is 0.462 e. The highest BCUT2D eigenvalue weighted by molar-refractivity contribution is 5.01. The maximum atomic E-state index is 8.39. The topological polar surface area (TPSA) is 32.3 Å². The van der Waals surface area contributed by atoms with E-state index in [1.165, 1.54) is 0 Å². The summed E-state index contributed by atoms with van der Waals surface area (Å²) in [5, 5.41) is 11.5. The lowest BCUT2D eigenvalue weighted by Gasteiger charge is -2.27. The molecule has 2 N–H and O–H groups in total. The van der Waals surface area contributed by atoms with E-state index in [9.17, 15) is 0 Å². The van der Waals surface area contributed by atoms with Crippen molar-refractivity contribution in [1.82, 2.24) is 5.32 Å². The molecular weight excluding hydrogens is 138 g/mol. The van der Waals surface area contributed by atoms with Crippen LogP contribution < -0.4 is 5.32 Å². The first-order chi connectivity index (χ1) is 5.04. The summed E-state index contributed by atoms with van der Waals surface area (Å²) in [6.45, 7) is 7.17. The van der Waals surface area contributed by atoms with E-state index < -0.39 is 0 Å². The lowest BCUT2D eigenvalue weighted by molar-refractivity contribution is 0.277. The number of hydrogen-bond acceptors (Lipinski definition) is 2. The van der Waals surface area contributed by atoms with Crippen LogP contribution in [0.4, 0.5) is 0 Å². The second-order valence-electron chi connectivity index (χ2n) is 3.50. The van der Waals surface area contributed by atoms with Crippen molar-refractivity contribution < 1.29 is 5.11 Å². The van der Waals surface area contributed by atoms with Gasteiger partial charge >= 0.3 is 0 Å². The average Bonchev–Trinajstić information content (AvgIpc) is 1.88. The standard InChI is InChI=1S/C9H17NO/c1-8(5-6-11)9(2,3)7-10-4/h8,10-11H,7H2,1-4H3. The predicted molar refractivity (Wildman–Crippen MR) is 46.6 cm³/mol. The Morgan fingerprint density at radius 1 is 1.55 bits per heavy atom. The fourth-order valence-electron chi connectivity index (χ4n) is 0.901. The number of aliphatic hydroxyl groups is 1. The average molecular weight is 155 g/mol. The van der Waals surface area contributed by atoms with Gasteiger partial charge in [-0.3, -0.25) is 0 Å². The first-order valence-corrected chi connectivity index (χ1v) is 3.84. The first-order valence-electron chi connectivity index (χ1n) is 3.84. The molecule has 2 nitrogen and oxygen atoms in total.